The van der Waals surface area contributed by atoms with Crippen LogP contribution in [0.1, 0.15) is 34.2 Å². The molecule has 0 saturated heterocycles. The van der Waals surface area contributed by atoms with Crippen LogP contribution in [0.5, 0.6) is 0 Å². The smallest absolute Gasteiger partial charge is 0.336 e. The number of hydrogen-bond donors (Lipinski definition) is 1. The van der Waals surface area contributed by atoms with Crippen LogP contribution in [0.2, 0.25) is 0 Å². The highest BCUT2D eigenvalue weighted by atomic mass is 16.4. The van der Waals surface area contributed by atoms with E-state index in [0.29, 0.717) is 12.1 Å². The van der Waals surface area contributed by atoms with Gasteiger partial charge in [0, 0.05) is 23.7 Å². The molecule has 0 atom stereocenters. The Balaban J connectivity index is 1.67. The Morgan fingerprint density at radius 2 is 1.88 bits per heavy atom. The monoisotopic (exact) mass is 319 g/mol. The van der Waals surface area contributed by atoms with Crippen molar-refractivity contribution in [3.05, 3.63) is 74.6 Å². The largest absolute Gasteiger partial charge is 0.422 e. The molecule has 0 unspecified atom stereocenters. The molecule has 0 amide bonds. The fourth-order valence-corrected chi connectivity index (χ4v) is 3.55. The molecule has 0 bridgehead atoms. The van der Waals surface area contributed by atoms with Gasteiger partial charge in [0.2, 0.25) is 0 Å². The Kier molecular flexibility index (Phi) is 3.64. The zero-order chi connectivity index (χ0) is 16.7. The number of nitrogens with one attached hydrogen (secondary N) is 1. The van der Waals surface area contributed by atoms with E-state index in [1.54, 1.807) is 6.07 Å². The van der Waals surface area contributed by atoms with E-state index in [1.807, 2.05) is 19.9 Å². The van der Waals surface area contributed by atoms with E-state index in [9.17, 15) is 4.79 Å². The number of hydrogen-bond acceptors (Lipinski definition) is 3. The molecule has 0 spiro atoms. The summed E-state index contributed by atoms with van der Waals surface area (Å²) in [7, 11) is 0. The summed E-state index contributed by atoms with van der Waals surface area (Å²) in [6.07, 6.45) is 3.61. The van der Waals surface area contributed by atoms with Crippen molar-refractivity contribution in [1.82, 2.24) is 0 Å². The van der Waals surface area contributed by atoms with Gasteiger partial charge in [-0.15, -0.1) is 0 Å². The van der Waals surface area contributed by atoms with E-state index in [4.69, 9.17) is 4.42 Å². The van der Waals surface area contributed by atoms with Crippen molar-refractivity contribution < 1.29 is 4.42 Å². The van der Waals surface area contributed by atoms with E-state index in [2.05, 4.69) is 29.6 Å². The van der Waals surface area contributed by atoms with Crippen LogP contribution >= 0.6 is 0 Å². The van der Waals surface area contributed by atoms with Crippen molar-refractivity contribution in [3.8, 4) is 0 Å². The number of fused-ring (bicyclic) bond motifs is 2. The molecule has 2 aromatic carbocycles. The first-order valence-corrected chi connectivity index (χ1v) is 8.50. The summed E-state index contributed by atoms with van der Waals surface area (Å²) in [6, 6.07) is 12.3. The van der Waals surface area contributed by atoms with Gasteiger partial charge >= 0.3 is 5.63 Å². The molecule has 0 fully saturated rings. The Labute approximate surface area is 141 Å². The molecule has 0 saturated carbocycles. The van der Waals surface area contributed by atoms with Gasteiger partial charge in [-0.1, -0.05) is 18.2 Å². The third kappa shape index (κ3) is 2.60. The highest BCUT2D eigenvalue weighted by Crippen LogP contribution is 2.26. The van der Waals surface area contributed by atoms with Gasteiger partial charge in [0.1, 0.15) is 5.58 Å². The molecular formula is C21H21NO2. The fourth-order valence-electron chi connectivity index (χ4n) is 3.55. The van der Waals surface area contributed by atoms with Crippen molar-refractivity contribution in [2.75, 3.05) is 5.32 Å². The van der Waals surface area contributed by atoms with Gasteiger partial charge in [0.25, 0.3) is 0 Å². The third-order valence-electron chi connectivity index (χ3n) is 5.10. The van der Waals surface area contributed by atoms with Crippen molar-refractivity contribution in [2.45, 2.75) is 39.7 Å². The zero-order valence-corrected chi connectivity index (χ0v) is 14.1. The lowest BCUT2D eigenvalue weighted by molar-refractivity contribution is 0.556. The molecule has 3 heteroatoms. The zero-order valence-electron chi connectivity index (χ0n) is 14.1. The van der Waals surface area contributed by atoms with Crippen LogP contribution in [0.3, 0.4) is 0 Å². The topological polar surface area (TPSA) is 42.2 Å². The number of benzene rings is 2. The SMILES string of the molecule is Cc1ccc2c(CNc3ccc4c(c3)CCC4)cc(=O)oc2c1C. The van der Waals surface area contributed by atoms with Crippen LogP contribution in [0.15, 0.2) is 45.6 Å². The first-order valence-electron chi connectivity index (χ1n) is 8.50. The highest BCUT2D eigenvalue weighted by Gasteiger charge is 2.12. The Bertz CT molecular complexity index is 985. The van der Waals surface area contributed by atoms with E-state index in [1.165, 1.54) is 30.4 Å². The summed E-state index contributed by atoms with van der Waals surface area (Å²) in [5.41, 5.74) is 7.58. The summed E-state index contributed by atoms with van der Waals surface area (Å²) in [5.74, 6) is 0. The van der Waals surface area contributed by atoms with Gasteiger partial charge in [-0.3, -0.25) is 0 Å². The van der Waals surface area contributed by atoms with Crippen LogP contribution in [0, 0.1) is 13.8 Å². The average molecular weight is 319 g/mol. The van der Waals surface area contributed by atoms with Crippen LogP contribution in [0.25, 0.3) is 11.0 Å². The molecule has 1 heterocycles. The van der Waals surface area contributed by atoms with Crippen molar-refractivity contribution in [2.24, 2.45) is 0 Å². The summed E-state index contributed by atoms with van der Waals surface area (Å²) >= 11 is 0. The molecule has 1 aliphatic rings. The lowest BCUT2D eigenvalue weighted by atomic mass is 10.0. The molecule has 0 aliphatic heterocycles. The summed E-state index contributed by atoms with van der Waals surface area (Å²) in [6.45, 7) is 4.64. The molecule has 122 valence electrons. The molecule has 3 nitrogen and oxygen atoms in total. The van der Waals surface area contributed by atoms with Crippen molar-refractivity contribution in [3.63, 3.8) is 0 Å². The van der Waals surface area contributed by atoms with Gasteiger partial charge in [-0.25, -0.2) is 4.79 Å². The van der Waals surface area contributed by atoms with Gasteiger partial charge in [-0.2, -0.15) is 0 Å². The second-order valence-corrected chi connectivity index (χ2v) is 6.67. The lowest BCUT2D eigenvalue weighted by Gasteiger charge is -2.11. The maximum atomic E-state index is 11.9. The molecular weight excluding hydrogens is 298 g/mol. The maximum Gasteiger partial charge on any atom is 0.336 e. The summed E-state index contributed by atoms with van der Waals surface area (Å²) in [5, 5.41) is 4.47. The molecule has 0 radical (unpaired) electrons. The number of rotatable bonds is 3. The second kappa shape index (κ2) is 5.82. The van der Waals surface area contributed by atoms with E-state index in [-0.39, 0.29) is 5.63 Å². The van der Waals surface area contributed by atoms with Gasteiger partial charge < -0.3 is 9.73 Å². The maximum absolute atomic E-state index is 11.9. The minimum absolute atomic E-state index is 0.290. The van der Waals surface area contributed by atoms with Gasteiger partial charge in [0.15, 0.2) is 0 Å². The van der Waals surface area contributed by atoms with Crippen LogP contribution in [-0.4, -0.2) is 0 Å². The van der Waals surface area contributed by atoms with Crippen LogP contribution in [-0.2, 0) is 19.4 Å². The van der Waals surface area contributed by atoms with Crippen LogP contribution < -0.4 is 10.9 Å². The normalized spacial score (nSPS) is 13.2. The molecule has 1 N–H and O–H groups in total. The van der Waals surface area contributed by atoms with E-state index in [0.717, 1.165) is 27.8 Å². The van der Waals surface area contributed by atoms with Gasteiger partial charge in [-0.05, 0) is 73.1 Å². The Hall–Kier alpha value is -2.55. The molecule has 4 rings (SSSR count). The second-order valence-electron chi connectivity index (χ2n) is 6.67. The molecule has 3 aromatic rings. The predicted octanol–water partition coefficient (Wildman–Crippen LogP) is 4.51. The van der Waals surface area contributed by atoms with Crippen molar-refractivity contribution in [1.29, 1.82) is 0 Å². The predicted molar refractivity (Wildman–Crippen MR) is 97.8 cm³/mol. The minimum Gasteiger partial charge on any atom is -0.422 e. The molecule has 1 aromatic heterocycles. The first-order chi connectivity index (χ1) is 11.6. The molecule has 1 aliphatic carbocycles. The quantitative estimate of drug-likeness (QED) is 0.722. The third-order valence-corrected chi connectivity index (χ3v) is 5.10. The number of aryl methyl sites for hydroxylation is 4. The van der Waals surface area contributed by atoms with E-state index < -0.39 is 0 Å². The Morgan fingerprint density at radius 1 is 1.04 bits per heavy atom. The lowest BCUT2D eigenvalue weighted by Crippen LogP contribution is -2.07. The first kappa shape index (κ1) is 15.0. The van der Waals surface area contributed by atoms with Gasteiger partial charge in [0.05, 0.1) is 0 Å². The van der Waals surface area contributed by atoms with E-state index >= 15 is 0 Å². The fraction of sp³-hybridized carbons (Fsp3) is 0.286. The average Bonchev–Trinajstić information content (AvgIpc) is 3.04. The Morgan fingerprint density at radius 3 is 2.75 bits per heavy atom. The highest BCUT2D eigenvalue weighted by molar-refractivity contribution is 5.84. The standard InChI is InChI=1S/C21H21NO2/c1-13-6-9-19-17(11-20(23)24-21(19)14(13)2)12-22-18-8-7-15-4-3-5-16(15)10-18/h6-11,22H,3-5,12H2,1-2H3. The summed E-state index contributed by atoms with van der Waals surface area (Å²) < 4.78 is 5.44. The number of anilines is 1. The molecule has 24 heavy (non-hydrogen) atoms. The van der Waals surface area contributed by atoms with Crippen molar-refractivity contribution >= 4 is 16.7 Å². The minimum atomic E-state index is -0.290. The van der Waals surface area contributed by atoms with Crippen LogP contribution in [0.4, 0.5) is 5.69 Å². The summed E-state index contributed by atoms with van der Waals surface area (Å²) in [4.78, 5) is 11.9.